The van der Waals surface area contributed by atoms with Gasteiger partial charge in [0, 0.05) is 31.5 Å². The van der Waals surface area contributed by atoms with Gasteiger partial charge in [-0.15, -0.1) is 0 Å². The minimum absolute atomic E-state index is 0.219. The predicted molar refractivity (Wildman–Crippen MR) is 76.9 cm³/mol. The highest BCUT2D eigenvalue weighted by Gasteiger charge is 2.42. The van der Waals surface area contributed by atoms with Crippen LogP contribution in [-0.2, 0) is 9.59 Å². The monoisotopic (exact) mass is 278 g/mol. The topological polar surface area (TPSA) is 49.4 Å². The van der Waals surface area contributed by atoms with Crippen LogP contribution in [0.4, 0.5) is 0 Å². The summed E-state index contributed by atoms with van der Waals surface area (Å²) in [5.74, 6) is 2.70. The van der Waals surface area contributed by atoms with Crippen LogP contribution in [0.2, 0.25) is 0 Å². The predicted octanol–water partition coefficient (Wildman–Crippen LogP) is 1.65. The van der Waals surface area contributed by atoms with Crippen LogP contribution in [0.3, 0.4) is 0 Å². The molecule has 112 valence electrons. The number of likely N-dealkylation sites (tertiary alicyclic amines) is 1. The molecule has 1 saturated heterocycles. The second kappa shape index (κ2) is 5.38. The first-order valence-corrected chi connectivity index (χ1v) is 8.12. The number of carbonyl (C=O) groups excluding carboxylic acids is 2. The number of carbonyl (C=O) groups is 2. The Morgan fingerprint density at radius 2 is 1.80 bits per heavy atom. The lowest BCUT2D eigenvalue weighted by Gasteiger charge is -2.33. The third-order valence-electron chi connectivity index (χ3n) is 5.27. The Hall–Kier alpha value is -1.06. The summed E-state index contributed by atoms with van der Waals surface area (Å²) >= 11 is 0. The molecule has 4 nitrogen and oxygen atoms in total. The largest absolute Gasteiger partial charge is 0.356 e. The summed E-state index contributed by atoms with van der Waals surface area (Å²) in [6, 6.07) is 0. The van der Waals surface area contributed by atoms with Crippen LogP contribution in [0.25, 0.3) is 0 Å². The van der Waals surface area contributed by atoms with Crippen molar-refractivity contribution >= 4 is 11.8 Å². The van der Waals surface area contributed by atoms with Gasteiger partial charge in [-0.05, 0) is 43.4 Å². The molecule has 20 heavy (non-hydrogen) atoms. The van der Waals surface area contributed by atoms with Gasteiger partial charge in [0.25, 0.3) is 0 Å². The molecule has 0 bridgehead atoms. The SMILES string of the molecule is C[C@@H]1C[C@@H]1C(=O)NC[C@@H]1CCCN(C(=O)[C@@H]2C[C@H]2C)C1. The van der Waals surface area contributed by atoms with Crippen molar-refractivity contribution in [2.45, 2.75) is 39.5 Å². The molecule has 3 fully saturated rings. The van der Waals surface area contributed by atoms with E-state index in [2.05, 4.69) is 19.2 Å². The molecule has 0 aromatic heterocycles. The van der Waals surface area contributed by atoms with Crippen LogP contribution in [-0.4, -0.2) is 36.3 Å². The number of hydrogen-bond acceptors (Lipinski definition) is 2. The van der Waals surface area contributed by atoms with Crippen LogP contribution >= 0.6 is 0 Å². The summed E-state index contributed by atoms with van der Waals surface area (Å²) in [5, 5.41) is 3.08. The molecule has 0 unspecified atom stereocenters. The van der Waals surface area contributed by atoms with Crippen molar-refractivity contribution in [2.75, 3.05) is 19.6 Å². The van der Waals surface area contributed by atoms with E-state index in [1.54, 1.807) is 0 Å². The molecule has 5 atom stereocenters. The van der Waals surface area contributed by atoms with Crippen LogP contribution in [0, 0.1) is 29.6 Å². The van der Waals surface area contributed by atoms with Gasteiger partial charge in [-0.25, -0.2) is 0 Å². The molecular weight excluding hydrogens is 252 g/mol. The van der Waals surface area contributed by atoms with E-state index in [1.165, 1.54) is 0 Å². The van der Waals surface area contributed by atoms with Gasteiger partial charge in [0.2, 0.25) is 11.8 Å². The number of rotatable bonds is 4. The fourth-order valence-corrected chi connectivity index (χ4v) is 3.40. The van der Waals surface area contributed by atoms with E-state index in [9.17, 15) is 9.59 Å². The Kier molecular flexibility index (Phi) is 3.74. The molecule has 0 aromatic rings. The van der Waals surface area contributed by atoms with Gasteiger partial charge < -0.3 is 10.2 Å². The van der Waals surface area contributed by atoms with Crippen LogP contribution in [0.5, 0.6) is 0 Å². The zero-order valence-corrected chi connectivity index (χ0v) is 12.6. The highest BCUT2D eigenvalue weighted by molar-refractivity contribution is 5.82. The van der Waals surface area contributed by atoms with Crippen molar-refractivity contribution in [3.8, 4) is 0 Å². The maximum absolute atomic E-state index is 12.3. The number of nitrogens with one attached hydrogen (secondary N) is 1. The maximum atomic E-state index is 12.3. The standard InChI is InChI=1S/C16H26N2O2/c1-10-6-13(10)15(19)17-8-12-4-3-5-18(9-12)16(20)14-7-11(14)2/h10-14H,3-9H2,1-2H3,(H,17,19)/t10-,11-,12+,13+,14-/m1/s1. The maximum Gasteiger partial charge on any atom is 0.225 e. The first-order valence-electron chi connectivity index (χ1n) is 8.12. The van der Waals surface area contributed by atoms with Crippen molar-refractivity contribution in [2.24, 2.45) is 29.6 Å². The van der Waals surface area contributed by atoms with Gasteiger partial charge in [-0.2, -0.15) is 0 Å². The van der Waals surface area contributed by atoms with Crippen LogP contribution in [0.1, 0.15) is 39.5 Å². The Morgan fingerprint density at radius 3 is 2.40 bits per heavy atom. The van der Waals surface area contributed by atoms with Crippen molar-refractivity contribution < 1.29 is 9.59 Å². The van der Waals surface area contributed by atoms with Gasteiger partial charge in [0.15, 0.2) is 0 Å². The Morgan fingerprint density at radius 1 is 1.15 bits per heavy atom. The van der Waals surface area contributed by atoms with E-state index < -0.39 is 0 Å². The lowest BCUT2D eigenvalue weighted by Crippen LogP contribution is -2.44. The summed E-state index contributed by atoms with van der Waals surface area (Å²) in [4.78, 5) is 26.1. The summed E-state index contributed by atoms with van der Waals surface area (Å²) in [7, 11) is 0. The summed E-state index contributed by atoms with van der Waals surface area (Å²) in [6.45, 7) is 6.77. The average molecular weight is 278 g/mol. The van der Waals surface area contributed by atoms with Crippen LogP contribution < -0.4 is 5.32 Å². The van der Waals surface area contributed by atoms with E-state index in [4.69, 9.17) is 0 Å². The van der Waals surface area contributed by atoms with Crippen LogP contribution in [0.15, 0.2) is 0 Å². The van der Waals surface area contributed by atoms with Gasteiger partial charge in [0.05, 0.1) is 0 Å². The summed E-state index contributed by atoms with van der Waals surface area (Å²) in [6.07, 6.45) is 4.31. The van der Waals surface area contributed by atoms with E-state index in [0.29, 0.717) is 23.7 Å². The fraction of sp³-hybridized carbons (Fsp3) is 0.875. The Labute approximate surface area is 121 Å². The molecular formula is C16H26N2O2. The minimum atomic E-state index is 0.219. The minimum Gasteiger partial charge on any atom is -0.356 e. The Bertz CT molecular complexity index is 409. The third-order valence-corrected chi connectivity index (χ3v) is 5.27. The molecule has 2 aliphatic carbocycles. The molecule has 1 heterocycles. The molecule has 3 rings (SSSR count). The zero-order valence-electron chi connectivity index (χ0n) is 12.6. The molecule has 2 amide bonds. The molecule has 0 spiro atoms. The second-order valence-electron chi connectivity index (χ2n) is 7.18. The zero-order chi connectivity index (χ0) is 14.3. The molecule has 0 aromatic carbocycles. The number of amides is 2. The van der Waals surface area contributed by atoms with Crippen molar-refractivity contribution in [3.63, 3.8) is 0 Å². The van der Waals surface area contributed by atoms with Gasteiger partial charge in [0.1, 0.15) is 0 Å². The number of hydrogen-bond donors (Lipinski definition) is 1. The first-order chi connectivity index (χ1) is 9.56. The smallest absolute Gasteiger partial charge is 0.225 e. The van der Waals surface area contributed by atoms with Crippen molar-refractivity contribution in [3.05, 3.63) is 0 Å². The van der Waals surface area contributed by atoms with E-state index in [1.807, 2.05) is 4.90 Å². The van der Waals surface area contributed by atoms with E-state index in [0.717, 1.165) is 45.3 Å². The average Bonchev–Trinajstić information content (AvgIpc) is 3.34. The normalized spacial score (nSPS) is 39.3. The van der Waals surface area contributed by atoms with E-state index >= 15 is 0 Å². The van der Waals surface area contributed by atoms with E-state index in [-0.39, 0.29) is 17.7 Å². The molecule has 1 aliphatic heterocycles. The molecule has 3 aliphatic rings. The van der Waals surface area contributed by atoms with Crippen molar-refractivity contribution in [1.29, 1.82) is 0 Å². The molecule has 2 saturated carbocycles. The number of piperidine rings is 1. The highest BCUT2D eigenvalue weighted by Crippen LogP contribution is 2.40. The molecule has 0 radical (unpaired) electrons. The third kappa shape index (κ3) is 2.99. The van der Waals surface area contributed by atoms with Gasteiger partial charge in [-0.3, -0.25) is 9.59 Å². The second-order valence-corrected chi connectivity index (χ2v) is 7.18. The lowest BCUT2D eigenvalue weighted by molar-refractivity contribution is -0.134. The highest BCUT2D eigenvalue weighted by atomic mass is 16.2. The fourth-order valence-electron chi connectivity index (χ4n) is 3.40. The summed E-state index contributed by atoms with van der Waals surface area (Å²) in [5.41, 5.74) is 0. The lowest BCUT2D eigenvalue weighted by atomic mass is 9.97. The van der Waals surface area contributed by atoms with Gasteiger partial charge >= 0.3 is 0 Å². The molecule has 4 heteroatoms. The van der Waals surface area contributed by atoms with Crippen molar-refractivity contribution in [1.82, 2.24) is 10.2 Å². The quantitative estimate of drug-likeness (QED) is 0.850. The number of nitrogens with zero attached hydrogens (tertiary/aromatic N) is 1. The van der Waals surface area contributed by atoms with Gasteiger partial charge in [-0.1, -0.05) is 13.8 Å². The first kappa shape index (κ1) is 13.9. The molecule has 1 N–H and O–H groups in total. The Balaban J connectivity index is 1.43. The summed E-state index contributed by atoms with van der Waals surface area (Å²) < 4.78 is 0.